The lowest BCUT2D eigenvalue weighted by Gasteiger charge is -2.16. The molecule has 1 saturated heterocycles. The van der Waals surface area contributed by atoms with E-state index in [2.05, 4.69) is 17.9 Å². The van der Waals surface area contributed by atoms with E-state index in [1.807, 2.05) is 0 Å². The molecule has 0 aromatic carbocycles. The van der Waals surface area contributed by atoms with Gasteiger partial charge in [-0.1, -0.05) is 0 Å². The molecule has 2 heterocycles. The van der Waals surface area contributed by atoms with E-state index in [-0.39, 0.29) is 5.82 Å². The molecule has 44 heavy (non-hydrogen) atoms. The smallest absolute Gasteiger partial charge is 0.394 e. The van der Waals surface area contributed by atoms with Gasteiger partial charge in [0.2, 0.25) is 0 Å². The summed E-state index contributed by atoms with van der Waals surface area (Å²) in [6, 6.07) is 1.37. The zero-order chi connectivity index (χ0) is 35.7. The number of hydrogen-bond donors (Lipinski definition) is 16. The number of nitrogen functional groups attached to an aromatic ring is 1. The number of phosphoric acid groups is 6. The molecule has 0 amide bonds. The van der Waals surface area contributed by atoms with Gasteiger partial charge in [0.15, 0.2) is 6.23 Å². The molecule has 1 aromatic rings. The predicted molar refractivity (Wildman–Crippen MR) is 131 cm³/mol. The Balaban J connectivity index is 0. The molecule has 1 aliphatic heterocycles. The molecule has 0 spiro atoms. The maximum atomic E-state index is 11.5. The van der Waals surface area contributed by atoms with Gasteiger partial charge in [0.1, 0.15) is 24.1 Å². The van der Waals surface area contributed by atoms with E-state index < -0.39 is 83.8 Å². The van der Waals surface area contributed by atoms with Crippen molar-refractivity contribution in [2.45, 2.75) is 24.5 Å². The number of aliphatic hydroxyl groups excluding tert-OH is 3. The third-order valence-corrected chi connectivity index (χ3v) is 8.39. The van der Waals surface area contributed by atoms with Crippen LogP contribution in [0.15, 0.2) is 17.1 Å². The Labute approximate surface area is 241 Å². The summed E-state index contributed by atoms with van der Waals surface area (Å²) in [5.41, 5.74) is 4.63. The van der Waals surface area contributed by atoms with Gasteiger partial charge in [0, 0.05) is 6.20 Å². The minimum Gasteiger partial charge on any atom is -0.394 e. The fraction of sp³-hybridized carbons (Fsp3) is 0.556. The van der Waals surface area contributed by atoms with Gasteiger partial charge in [-0.15, -0.1) is 0 Å². The van der Waals surface area contributed by atoms with Crippen LogP contribution < -0.4 is 11.4 Å². The highest BCUT2D eigenvalue weighted by Crippen LogP contribution is 2.55. The molecule has 17 N–H and O–H groups in total. The molecule has 29 nitrogen and oxygen atoms in total. The maximum absolute atomic E-state index is 11.5. The first-order valence-electron chi connectivity index (χ1n) is 9.61. The first-order chi connectivity index (χ1) is 19.2. The van der Waals surface area contributed by atoms with Crippen LogP contribution in [0.1, 0.15) is 6.23 Å². The van der Waals surface area contributed by atoms with E-state index in [0.29, 0.717) is 0 Å². The monoisotopic (exact) mass is 777 g/mol. The van der Waals surface area contributed by atoms with Gasteiger partial charge in [-0.25, -0.2) is 32.2 Å². The zero-order valence-corrected chi connectivity index (χ0v) is 25.9. The van der Waals surface area contributed by atoms with Crippen LogP contribution in [0, 0.1) is 0 Å². The van der Waals surface area contributed by atoms with Crippen molar-refractivity contribution in [1.29, 1.82) is 0 Å². The average Bonchev–Trinajstić information content (AvgIpc) is 2.95. The van der Waals surface area contributed by atoms with Crippen molar-refractivity contribution in [1.82, 2.24) is 9.55 Å². The van der Waals surface area contributed by atoms with E-state index in [1.54, 1.807) is 0 Å². The molecular formula is C9H25N3O26P6. The van der Waals surface area contributed by atoms with Gasteiger partial charge in [0.25, 0.3) is 0 Å². The molecule has 2 rings (SSSR count). The SMILES string of the molecule is Nc1ccn([C@@H]2O[C@H](CO)[C@@H](O)[C@H]2O)c(=O)n1.O=P(O)(O)OP(=O)(O)O.O=P(O)(O)OP(=O)(O)O.O=P(O)(O)OP(=O)(O)O. The normalized spacial score (nSPS) is 21.2. The van der Waals surface area contributed by atoms with Gasteiger partial charge in [-0.2, -0.15) is 17.9 Å². The van der Waals surface area contributed by atoms with Gasteiger partial charge < -0.3 is 84.5 Å². The second kappa shape index (κ2) is 17.5. The number of aliphatic hydroxyl groups is 3. The van der Waals surface area contributed by atoms with Gasteiger partial charge >= 0.3 is 52.6 Å². The van der Waals surface area contributed by atoms with Gasteiger partial charge in [-0.05, 0) is 6.07 Å². The maximum Gasteiger partial charge on any atom is 0.478 e. The highest BCUT2D eigenvalue weighted by molar-refractivity contribution is 7.61. The van der Waals surface area contributed by atoms with Crippen molar-refractivity contribution in [3.8, 4) is 0 Å². The second-order valence-corrected chi connectivity index (χ2v) is 14.8. The molecule has 0 radical (unpaired) electrons. The van der Waals surface area contributed by atoms with E-state index in [1.165, 1.54) is 12.3 Å². The summed E-state index contributed by atoms with van der Waals surface area (Å²) >= 11 is 0. The molecule has 0 aliphatic carbocycles. The van der Waals surface area contributed by atoms with Crippen LogP contribution in [0.4, 0.5) is 5.82 Å². The summed E-state index contributed by atoms with van der Waals surface area (Å²) < 4.78 is 72.8. The summed E-state index contributed by atoms with van der Waals surface area (Å²) in [4.78, 5) is 108. The Bertz CT molecular complexity index is 1230. The molecule has 1 aromatic heterocycles. The third-order valence-electron chi connectivity index (χ3n) is 3.28. The third kappa shape index (κ3) is 24.5. The number of aromatic nitrogens is 2. The lowest BCUT2D eigenvalue weighted by atomic mass is 10.1. The minimum atomic E-state index is -5.05. The van der Waals surface area contributed by atoms with Crippen LogP contribution in [0.2, 0.25) is 0 Å². The Morgan fingerprint density at radius 2 is 1.02 bits per heavy atom. The summed E-state index contributed by atoms with van der Waals surface area (Å²) in [6.45, 7) is -0.453. The minimum absolute atomic E-state index is 0.0537. The fourth-order valence-corrected chi connectivity index (χ4v) is 5.47. The van der Waals surface area contributed by atoms with Crippen LogP contribution in [0.25, 0.3) is 0 Å². The number of hydrogen-bond acceptors (Lipinski definition) is 16. The summed E-state index contributed by atoms with van der Waals surface area (Å²) in [6.07, 6.45) is -3.27. The Hall–Kier alpha value is -0.700. The number of nitrogens with two attached hydrogens (primary N) is 1. The lowest BCUT2D eigenvalue weighted by molar-refractivity contribution is -0.0549. The number of ether oxygens (including phenoxy) is 1. The van der Waals surface area contributed by atoms with Crippen molar-refractivity contribution >= 4 is 52.8 Å². The molecule has 4 atom stereocenters. The quantitative estimate of drug-likeness (QED) is 0.110. The molecule has 1 aliphatic rings. The van der Waals surface area contributed by atoms with E-state index in [4.69, 9.17) is 74.3 Å². The van der Waals surface area contributed by atoms with E-state index in [9.17, 15) is 42.4 Å². The first-order valence-corrected chi connectivity index (χ1v) is 18.8. The average molecular weight is 777 g/mol. The van der Waals surface area contributed by atoms with Crippen molar-refractivity contribution < 1.29 is 119 Å². The van der Waals surface area contributed by atoms with Crippen molar-refractivity contribution in [3.05, 3.63) is 22.7 Å². The molecular weight excluding hydrogens is 752 g/mol. The van der Waals surface area contributed by atoms with E-state index in [0.717, 1.165) is 4.57 Å². The molecule has 0 saturated carbocycles. The van der Waals surface area contributed by atoms with Crippen LogP contribution >= 0.6 is 46.9 Å². The van der Waals surface area contributed by atoms with Crippen LogP contribution in [0.3, 0.4) is 0 Å². The van der Waals surface area contributed by atoms with Crippen LogP contribution in [-0.4, -0.2) is 109 Å². The Morgan fingerprint density at radius 1 is 0.705 bits per heavy atom. The summed E-state index contributed by atoms with van der Waals surface area (Å²) in [5, 5.41) is 28.2. The van der Waals surface area contributed by atoms with Crippen LogP contribution in [-0.2, 0) is 45.1 Å². The molecule has 35 heteroatoms. The zero-order valence-electron chi connectivity index (χ0n) is 20.5. The van der Waals surface area contributed by atoms with Crippen molar-refractivity contribution in [2.24, 2.45) is 0 Å². The molecule has 262 valence electrons. The molecule has 0 bridgehead atoms. The molecule has 0 unspecified atom stereocenters. The summed E-state index contributed by atoms with van der Waals surface area (Å²) in [7, 11) is -30.3. The Morgan fingerprint density at radius 3 is 1.23 bits per heavy atom. The largest absolute Gasteiger partial charge is 0.478 e. The molecule has 1 fully saturated rings. The topological polar surface area (TPSA) is 504 Å². The second-order valence-electron chi connectivity index (χ2n) is 6.96. The lowest BCUT2D eigenvalue weighted by Crippen LogP contribution is -2.36. The van der Waals surface area contributed by atoms with Gasteiger partial charge in [0.05, 0.1) is 6.61 Å². The summed E-state index contributed by atoms with van der Waals surface area (Å²) in [5.74, 6) is 0.0537. The van der Waals surface area contributed by atoms with E-state index >= 15 is 0 Å². The predicted octanol–water partition coefficient (Wildman–Crippen LogP) is -5.00. The number of rotatable bonds is 8. The van der Waals surface area contributed by atoms with Crippen molar-refractivity contribution in [3.63, 3.8) is 0 Å². The highest BCUT2D eigenvalue weighted by Gasteiger charge is 2.43. The fourth-order valence-electron chi connectivity index (χ4n) is 2.15. The first kappa shape index (κ1) is 45.4. The standard InChI is InChI=1S/C9H13N3O5.3H4O7P2/c10-5-1-2-12(9(16)11-5)8-7(15)6(14)4(3-13)17-8;3*1-8(2,3)7-9(4,5)6/h1-2,4,6-8,13-15H,3H2,(H2,10,11,16);3*(H2,1,2,3)(H2,4,5,6)/t4-,6-,7-,8-;;;/m1.../s1. The van der Waals surface area contributed by atoms with Crippen LogP contribution in [0.5, 0.6) is 0 Å². The number of anilines is 1. The Kier molecular flexibility index (Phi) is 18.0. The number of nitrogens with zero attached hydrogens (tertiary/aromatic N) is 2. The van der Waals surface area contributed by atoms with Gasteiger partial charge in [-0.3, -0.25) is 4.57 Å². The highest BCUT2D eigenvalue weighted by atomic mass is 31.3. The van der Waals surface area contributed by atoms with Crippen molar-refractivity contribution in [2.75, 3.05) is 12.3 Å².